The summed E-state index contributed by atoms with van der Waals surface area (Å²) < 4.78 is 15.2. The lowest BCUT2D eigenvalue weighted by atomic mass is 9.69. The smallest absolute Gasteiger partial charge is 0.336 e. The van der Waals surface area contributed by atoms with Gasteiger partial charge in [-0.25, -0.2) is 4.79 Å². The number of nitrogens with one attached hydrogen (secondary N) is 1. The predicted molar refractivity (Wildman–Crippen MR) is 121 cm³/mol. The first-order valence-electron chi connectivity index (χ1n) is 10.9. The highest BCUT2D eigenvalue weighted by molar-refractivity contribution is 6.12. The highest BCUT2D eigenvalue weighted by Gasteiger charge is 2.47. The quantitative estimate of drug-likeness (QED) is 0.209. The number of esters is 2. The molecule has 1 aromatic carbocycles. The zero-order valence-corrected chi connectivity index (χ0v) is 19.8. The van der Waals surface area contributed by atoms with E-state index in [1.54, 1.807) is 32.9 Å². The normalized spacial score (nSPS) is 22.1. The van der Waals surface area contributed by atoms with Crippen molar-refractivity contribution in [3.63, 3.8) is 0 Å². The van der Waals surface area contributed by atoms with E-state index < -0.39 is 34.5 Å². The number of dihydropyridines is 1. The Morgan fingerprint density at radius 1 is 1.21 bits per heavy atom. The predicted octanol–water partition coefficient (Wildman–Crippen LogP) is 2.71. The topological polar surface area (TPSA) is 134 Å². The van der Waals surface area contributed by atoms with Crippen molar-refractivity contribution in [2.75, 3.05) is 27.4 Å². The van der Waals surface area contributed by atoms with Crippen molar-refractivity contribution in [1.29, 1.82) is 0 Å². The van der Waals surface area contributed by atoms with E-state index in [9.17, 15) is 24.5 Å². The molecule has 3 atom stereocenters. The number of benzene rings is 1. The highest BCUT2D eigenvalue weighted by Crippen LogP contribution is 2.46. The number of carbonyl (C=O) groups excluding carboxylic acids is 3. The summed E-state index contributed by atoms with van der Waals surface area (Å²) in [5, 5.41) is 14.8. The van der Waals surface area contributed by atoms with E-state index in [2.05, 4.69) is 5.32 Å². The molecule has 3 rings (SSSR count). The minimum atomic E-state index is -1.04. The van der Waals surface area contributed by atoms with Crippen molar-refractivity contribution in [3.8, 4) is 0 Å². The molecular weight excluding hydrogens is 444 g/mol. The molecule has 34 heavy (non-hydrogen) atoms. The molecular formula is C24H28N2O8. The van der Waals surface area contributed by atoms with Gasteiger partial charge in [0.25, 0.3) is 5.69 Å². The van der Waals surface area contributed by atoms with E-state index in [-0.39, 0.29) is 36.0 Å². The van der Waals surface area contributed by atoms with Gasteiger partial charge in [0.1, 0.15) is 12.5 Å². The lowest BCUT2D eigenvalue weighted by molar-refractivity contribution is -0.385. The number of ketones is 1. The molecule has 0 unspecified atom stereocenters. The first-order chi connectivity index (χ1) is 16.1. The van der Waals surface area contributed by atoms with Crippen LogP contribution in [-0.2, 0) is 28.6 Å². The average Bonchev–Trinajstić information content (AvgIpc) is 2.78. The molecule has 0 radical (unpaired) electrons. The Bertz CT molecular complexity index is 1100. The maximum atomic E-state index is 13.6. The molecule has 1 heterocycles. The molecule has 2 aliphatic rings. The van der Waals surface area contributed by atoms with Crippen molar-refractivity contribution in [2.45, 2.75) is 33.1 Å². The second kappa shape index (κ2) is 10.2. The van der Waals surface area contributed by atoms with Gasteiger partial charge in [-0.15, -0.1) is 0 Å². The van der Waals surface area contributed by atoms with Crippen molar-refractivity contribution >= 4 is 23.4 Å². The maximum absolute atomic E-state index is 13.6. The van der Waals surface area contributed by atoms with E-state index >= 15 is 0 Å². The van der Waals surface area contributed by atoms with Gasteiger partial charge < -0.3 is 19.5 Å². The fourth-order valence-corrected chi connectivity index (χ4v) is 4.58. The minimum Gasteiger partial charge on any atom is -0.468 e. The number of nitro groups is 1. The Kier molecular flexibility index (Phi) is 7.51. The molecule has 0 fully saturated rings. The second-order valence-electron chi connectivity index (χ2n) is 8.47. The number of ether oxygens (including phenoxy) is 3. The standard InChI is InChI=1S/C24H28N2O8/c1-12-6-7-15(11-17(12)26(30)31)20-19(24(29)34-9-8-32-4)14(3)25-16-10-13(2)18(23(28)33-5)22(27)21(16)20/h6-7,11,13,18,20,25H,8-10H2,1-5H3/t13-,18+,20+/m1/s1. The zero-order valence-electron chi connectivity index (χ0n) is 19.8. The fourth-order valence-electron chi connectivity index (χ4n) is 4.58. The van der Waals surface area contributed by atoms with E-state index in [4.69, 9.17) is 14.2 Å². The third-order valence-corrected chi connectivity index (χ3v) is 6.25. The lowest BCUT2D eigenvalue weighted by Gasteiger charge is -2.38. The number of Topliss-reactive ketones (excluding diaryl/α,β-unsaturated/α-hetero) is 1. The van der Waals surface area contributed by atoms with Gasteiger partial charge in [-0.3, -0.25) is 19.7 Å². The van der Waals surface area contributed by atoms with Crippen LogP contribution in [0.25, 0.3) is 0 Å². The van der Waals surface area contributed by atoms with E-state index in [1.807, 2.05) is 0 Å². The number of allylic oxidation sites excluding steroid dienone is 3. The number of carbonyl (C=O) groups is 3. The third-order valence-electron chi connectivity index (χ3n) is 6.25. The Morgan fingerprint density at radius 2 is 1.91 bits per heavy atom. The number of hydrogen-bond donors (Lipinski definition) is 1. The molecule has 0 amide bonds. The van der Waals surface area contributed by atoms with Gasteiger partial charge in [0, 0.05) is 41.6 Å². The molecule has 0 saturated carbocycles. The van der Waals surface area contributed by atoms with Gasteiger partial charge in [0.15, 0.2) is 5.78 Å². The molecule has 10 nitrogen and oxygen atoms in total. The largest absolute Gasteiger partial charge is 0.468 e. The van der Waals surface area contributed by atoms with Crippen molar-refractivity contribution in [2.24, 2.45) is 11.8 Å². The van der Waals surface area contributed by atoms with Crippen molar-refractivity contribution in [3.05, 3.63) is 62.0 Å². The number of aryl methyl sites for hydroxylation is 1. The highest BCUT2D eigenvalue weighted by atomic mass is 16.6. The van der Waals surface area contributed by atoms with Gasteiger partial charge in [-0.1, -0.05) is 19.1 Å². The Balaban J connectivity index is 2.19. The molecule has 0 bridgehead atoms. The van der Waals surface area contributed by atoms with Crippen LogP contribution >= 0.6 is 0 Å². The molecule has 1 aromatic rings. The molecule has 0 spiro atoms. The summed E-state index contributed by atoms with van der Waals surface area (Å²) in [6, 6.07) is 4.59. The average molecular weight is 472 g/mol. The van der Waals surface area contributed by atoms with E-state index in [0.29, 0.717) is 28.9 Å². The van der Waals surface area contributed by atoms with Crippen LogP contribution in [0.15, 0.2) is 40.7 Å². The van der Waals surface area contributed by atoms with Crippen molar-refractivity contribution in [1.82, 2.24) is 5.32 Å². The summed E-state index contributed by atoms with van der Waals surface area (Å²) >= 11 is 0. The van der Waals surface area contributed by atoms with Crippen LogP contribution in [0, 0.1) is 28.9 Å². The molecule has 182 valence electrons. The van der Waals surface area contributed by atoms with Crippen LogP contribution in [0.4, 0.5) is 5.69 Å². The fraction of sp³-hybridized carbons (Fsp3) is 0.458. The molecule has 1 aliphatic heterocycles. The third kappa shape index (κ3) is 4.58. The number of nitro benzene ring substituents is 1. The van der Waals surface area contributed by atoms with Crippen LogP contribution in [0.1, 0.15) is 37.3 Å². The minimum absolute atomic E-state index is 0.00541. The molecule has 0 aromatic heterocycles. The second-order valence-corrected chi connectivity index (χ2v) is 8.47. The van der Waals surface area contributed by atoms with Gasteiger partial charge in [0.2, 0.25) is 0 Å². The first kappa shape index (κ1) is 25.1. The summed E-state index contributed by atoms with van der Waals surface area (Å²) in [5.41, 5.74) is 2.12. The summed E-state index contributed by atoms with van der Waals surface area (Å²) in [4.78, 5) is 50.3. The molecule has 0 saturated heterocycles. The number of nitrogens with zero attached hydrogens (tertiary/aromatic N) is 1. The molecule has 10 heteroatoms. The zero-order chi connectivity index (χ0) is 25.2. The maximum Gasteiger partial charge on any atom is 0.336 e. The summed E-state index contributed by atoms with van der Waals surface area (Å²) in [6.45, 7) is 5.25. The van der Waals surface area contributed by atoms with Crippen molar-refractivity contribution < 1.29 is 33.5 Å². The SMILES string of the molecule is COCCOC(=O)C1=C(C)NC2=C(C(=O)[C@@H](C(=O)OC)[C@H](C)C2)[C@H]1c1ccc(C)c([N+](=O)[O-])c1. The lowest BCUT2D eigenvalue weighted by Crippen LogP contribution is -2.43. The van der Waals surface area contributed by atoms with Crippen LogP contribution in [0.2, 0.25) is 0 Å². The Morgan fingerprint density at radius 3 is 2.53 bits per heavy atom. The molecule has 1 aliphatic carbocycles. The summed E-state index contributed by atoms with van der Waals surface area (Å²) in [5.74, 6) is -4.13. The monoisotopic (exact) mass is 472 g/mol. The first-order valence-corrected chi connectivity index (χ1v) is 10.9. The van der Waals surface area contributed by atoms with Crippen LogP contribution in [-0.4, -0.2) is 50.1 Å². The van der Waals surface area contributed by atoms with E-state index in [0.717, 1.165) is 0 Å². The van der Waals surface area contributed by atoms with Crippen LogP contribution in [0.3, 0.4) is 0 Å². The number of hydrogen-bond acceptors (Lipinski definition) is 9. The summed E-state index contributed by atoms with van der Waals surface area (Å²) in [7, 11) is 2.69. The Hall–Kier alpha value is -3.53. The number of methoxy groups -OCH3 is 2. The number of rotatable bonds is 7. The Labute approximate surface area is 197 Å². The van der Waals surface area contributed by atoms with Gasteiger partial charge in [0.05, 0.1) is 24.2 Å². The van der Waals surface area contributed by atoms with Gasteiger partial charge in [-0.05, 0) is 31.7 Å². The van der Waals surface area contributed by atoms with Gasteiger partial charge >= 0.3 is 11.9 Å². The summed E-state index contributed by atoms with van der Waals surface area (Å²) in [6.07, 6.45) is 0.370. The van der Waals surface area contributed by atoms with Gasteiger partial charge in [-0.2, -0.15) is 0 Å². The van der Waals surface area contributed by atoms with E-state index in [1.165, 1.54) is 20.3 Å². The van der Waals surface area contributed by atoms with Crippen LogP contribution in [0.5, 0.6) is 0 Å². The molecule has 1 N–H and O–H groups in total. The van der Waals surface area contributed by atoms with Crippen LogP contribution < -0.4 is 5.32 Å².